The first-order chi connectivity index (χ1) is 13.4. The molecule has 1 aliphatic heterocycles. The van der Waals surface area contributed by atoms with E-state index < -0.39 is 4.92 Å². The number of thioether (sulfide) groups is 1. The van der Waals surface area contributed by atoms with Gasteiger partial charge in [0, 0.05) is 38.0 Å². The summed E-state index contributed by atoms with van der Waals surface area (Å²) in [6.45, 7) is 5.60. The summed E-state index contributed by atoms with van der Waals surface area (Å²) in [6.07, 6.45) is 0. The van der Waals surface area contributed by atoms with Gasteiger partial charge < -0.3 is 14.6 Å². The van der Waals surface area contributed by atoms with E-state index in [2.05, 4.69) is 20.4 Å². The van der Waals surface area contributed by atoms with Crippen LogP contribution >= 0.6 is 11.8 Å². The summed E-state index contributed by atoms with van der Waals surface area (Å²) >= 11 is 1.30. The third-order valence-corrected chi connectivity index (χ3v) is 5.44. The van der Waals surface area contributed by atoms with Gasteiger partial charge in [0.1, 0.15) is 5.82 Å². The highest BCUT2D eigenvalue weighted by Crippen LogP contribution is 2.22. The van der Waals surface area contributed by atoms with Gasteiger partial charge in [-0.3, -0.25) is 19.8 Å². The number of benzene rings is 1. The van der Waals surface area contributed by atoms with Crippen molar-refractivity contribution in [1.82, 2.24) is 19.7 Å². The summed E-state index contributed by atoms with van der Waals surface area (Å²) in [6, 6.07) is 4.35. The molecule has 2 aromatic rings. The van der Waals surface area contributed by atoms with Crippen LogP contribution in [0.4, 0.5) is 11.4 Å². The van der Waals surface area contributed by atoms with Crippen molar-refractivity contribution in [2.75, 3.05) is 37.4 Å². The van der Waals surface area contributed by atoms with Gasteiger partial charge in [-0.25, -0.2) is 0 Å². The fourth-order valence-corrected chi connectivity index (χ4v) is 3.52. The zero-order chi connectivity index (χ0) is 20.1. The number of aromatic nitrogens is 3. The Kier molecular flexibility index (Phi) is 6.60. The molecule has 1 saturated heterocycles. The van der Waals surface area contributed by atoms with Crippen molar-refractivity contribution in [3.8, 4) is 0 Å². The third-order valence-electron chi connectivity index (χ3n) is 4.42. The molecule has 0 aliphatic carbocycles. The lowest BCUT2D eigenvalue weighted by Gasteiger charge is -2.25. The van der Waals surface area contributed by atoms with Gasteiger partial charge in [-0.05, 0) is 18.6 Å². The van der Waals surface area contributed by atoms with E-state index in [0.717, 1.165) is 32.1 Å². The second kappa shape index (κ2) is 9.13. The Morgan fingerprint density at radius 1 is 1.36 bits per heavy atom. The Morgan fingerprint density at radius 2 is 2.11 bits per heavy atom. The molecule has 10 nitrogen and oxygen atoms in total. The number of morpholine rings is 1. The average Bonchev–Trinajstić information content (AvgIpc) is 3.02. The minimum atomic E-state index is -0.461. The number of aryl methyl sites for hydroxylation is 1. The molecule has 0 saturated carbocycles. The van der Waals surface area contributed by atoms with Gasteiger partial charge in [0.2, 0.25) is 5.91 Å². The van der Waals surface area contributed by atoms with E-state index >= 15 is 0 Å². The smallest absolute Gasteiger partial charge is 0.269 e. The maximum Gasteiger partial charge on any atom is 0.269 e. The van der Waals surface area contributed by atoms with E-state index in [1.54, 1.807) is 13.0 Å². The van der Waals surface area contributed by atoms with E-state index in [1.165, 1.54) is 23.9 Å². The minimum absolute atomic E-state index is 0.00300. The van der Waals surface area contributed by atoms with Crippen LogP contribution in [0.25, 0.3) is 0 Å². The quantitative estimate of drug-likeness (QED) is 0.419. The van der Waals surface area contributed by atoms with Crippen molar-refractivity contribution >= 4 is 29.0 Å². The monoisotopic (exact) mass is 406 g/mol. The second-order valence-electron chi connectivity index (χ2n) is 6.44. The number of nitro groups is 1. The molecule has 1 fully saturated rings. The van der Waals surface area contributed by atoms with Gasteiger partial charge in [0.25, 0.3) is 5.69 Å². The van der Waals surface area contributed by atoms with E-state index in [-0.39, 0.29) is 17.3 Å². The number of nitrogens with one attached hydrogen (secondary N) is 1. The highest BCUT2D eigenvalue weighted by Gasteiger charge is 2.17. The maximum absolute atomic E-state index is 12.2. The number of carbonyl (C=O) groups excluding carboxylic acids is 1. The number of hydrogen-bond donors (Lipinski definition) is 1. The van der Waals surface area contributed by atoms with Crippen LogP contribution in [0.2, 0.25) is 0 Å². The topological polar surface area (TPSA) is 115 Å². The molecular weight excluding hydrogens is 384 g/mol. The molecule has 0 bridgehead atoms. The van der Waals surface area contributed by atoms with Crippen LogP contribution in [0.5, 0.6) is 0 Å². The predicted molar refractivity (Wildman–Crippen MR) is 104 cm³/mol. The molecule has 0 atom stereocenters. The SMILES string of the molecule is Cc1cc([N+](=O)[O-])ccc1NC(=O)CSc1nnc(CN2CCOCC2)n1C. The molecule has 28 heavy (non-hydrogen) atoms. The van der Waals surface area contributed by atoms with Crippen LogP contribution in [0, 0.1) is 17.0 Å². The predicted octanol–water partition coefficient (Wildman–Crippen LogP) is 1.59. The summed E-state index contributed by atoms with van der Waals surface area (Å²) in [5.41, 5.74) is 1.19. The van der Waals surface area contributed by atoms with E-state index in [9.17, 15) is 14.9 Å². The molecule has 0 unspecified atom stereocenters. The molecular formula is C17H22N6O4S. The van der Waals surface area contributed by atoms with Crippen LogP contribution in [0.15, 0.2) is 23.4 Å². The molecule has 1 aliphatic rings. The molecule has 11 heteroatoms. The van der Waals surface area contributed by atoms with Crippen LogP contribution in [-0.4, -0.2) is 62.6 Å². The maximum atomic E-state index is 12.2. The molecule has 1 N–H and O–H groups in total. The Bertz CT molecular complexity index is 865. The summed E-state index contributed by atoms with van der Waals surface area (Å²) in [4.78, 5) is 24.8. The lowest BCUT2D eigenvalue weighted by atomic mass is 10.2. The van der Waals surface area contributed by atoms with Crippen LogP contribution in [0.1, 0.15) is 11.4 Å². The van der Waals surface area contributed by atoms with Gasteiger partial charge in [0.15, 0.2) is 5.16 Å². The third kappa shape index (κ3) is 5.06. The zero-order valence-corrected chi connectivity index (χ0v) is 16.6. The molecule has 2 heterocycles. The van der Waals surface area contributed by atoms with E-state index in [0.29, 0.717) is 23.0 Å². The first kappa shape index (κ1) is 20.2. The summed E-state index contributed by atoms with van der Waals surface area (Å²) < 4.78 is 7.24. The van der Waals surface area contributed by atoms with Gasteiger partial charge in [-0.1, -0.05) is 11.8 Å². The number of hydrogen-bond acceptors (Lipinski definition) is 8. The van der Waals surface area contributed by atoms with Crippen LogP contribution < -0.4 is 5.32 Å². The molecule has 150 valence electrons. The van der Waals surface area contributed by atoms with Crippen molar-refractivity contribution in [3.05, 3.63) is 39.7 Å². The number of anilines is 1. The molecule has 0 spiro atoms. The number of non-ortho nitro benzene ring substituents is 1. The van der Waals surface area contributed by atoms with Crippen molar-refractivity contribution in [2.24, 2.45) is 7.05 Å². The van der Waals surface area contributed by atoms with Crippen molar-refractivity contribution in [2.45, 2.75) is 18.6 Å². The normalized spacial score (nSPS) is 14.8. The van der Waals surface area contributed by atoms with E-state index in [1.807, 2.05) is 11.6 Å². The van der Waals surface area contributed by atoms with Gasteiger partial charge in [-0.15, -0.1) is 10.2 Å². The molecule has 1 amide bonds. The fourth-order valence-electron chi connectivity index (χ4n) is 2.79. The summed E-state index contributed by atoms with van der Waals surface area (Å²) in [7, 11) is 1.89. The Balaban J connectivity index is 1.54. The first-order valence-electron chi connectivity index (χ1n) is 8.80. The van der Waals surface area contributed by atoms with Crippen LogP contribution in [-0.2, 0) is 23.1 Å². The number of ether oxygens (including phenoxy) is 1. The number of nitro benzene ring substituents is 1. The van der Waals surface area contributed by atoms with Crippen LogP contribution in [0.3, 0.4) is 0 Å². The van der Waals surface area contributed by atoms with Crippen molar-refractivity contribution in [1.29, 1.82) is 0 Å². The second-order valence-corrected chi connectivity index (χ2v) is 7.38. The molecule has 1 aromatic carbocycles. The number of rotatable bonds is 7. The molecule has 1 aromatic heterocycles. The van der Waals surface area contributed by atoms with E-state index in [4.69, 9.17) is 4.74 Å². The van der Waals surface area contributed by atoms with Gasteiger partial charge in [-0.2, -0.15) is 0 Å². The lowest BCUT2D eigenvalue weighted by molar-refractivity contribution is -0.384. The fraction of sp³-hybridized carbons (Fsp3) is 0.471. The number of amides is 1. The van der Waals surface area contributed by atoms with Crippen molar-refractivity contribution < 1.29 is 14.5 Å². The largest absolute Gasteiger partial charge is 0.379 e. The molecule has 3 rings (SSSR count). The lowest BCUT2D eigenvalue weighted by Crippen LogP contribution is -2.36. The zero-order valence-electron chi connectivity index (χ0n) is 15.8. The Labute approximate surface area is 166 Å². The Morgan fingerprint density at radius 3 is 2.79 bits per heavy atom. The Hall–Kier alpha value is -2.50. The van der Waals surface area contributed by atoms with Gasteiger partial charge in [0.05, 0.1) is 30.4 Å². The minimum Gasteiger partial charge on any atom is -0.379 e. The highest BCUT2D eigenvalue weighted by atomic mass is 32.2. The standard InChI is InChI=1S/C17H22N6O4S/c1-12-9-13(23(25)26)3-4-14(12)18-16(24)11-28-17-20-19-15(21(17)2)10-22-5-7-27-8-6-22/h3-4,9H,5-8,10-11H2,1-2H3,(H,18,24). The average molecular weight is 406 g/mol. The summed E-state index contributed by atoms with van der Waals surface area (Å²) in [5, 5.41) is 22.6. The number of nitrogens with zero attached hydrogens (tertiary/aromatic N) is 5. The first-order valence-corrected chi connectivity index (χ1v) is 9.78. The van der Waals surface area contributed by atoms with Gasteiger partial charge >= 0.3 is 0 Å². The summed E-state index contributed by atoms with van der Waals surface area (Å²) in [5.74, 6) is 0.802. The number of carbonyl (C=O) groups is 1. The molecule has 0 radical (unpaired) electrons. The highest BCUT2D eigenvalue weighted by molar-refractivity contribution is 7.99. The van der Waals surface area contributed by atoms with Crippen molar-refractivity contribution in [3.63, 3.8) is 0 Å².